The van der Waals surface area contributed by atoms with E-state index in [-0.39, 0.29) is 19.6 Å². The number of rotatable bonds is 16. The van der Waals surface area contributed by atoms with Gasteiger partial charge in [-0.15, -0.1) is 0 Å². The molecule has 3 N–H and O–H groups in total. The molecule has 0 aliphatic carbocycles. The van der Waals surface area contributed by atoms with Gasteiger partial charge >= 0.3 is 23.9 Å². The maximum absolute atomic E-state index is 12.5. The molecule has 0 aromatic heterocycles. The van der Waals surface area contributed by atoms with Gasteiger partial charge in [0.25, 0.3) is 5.91 Å². The smallest absolute Gasteiger partial charge is 0.347 e. The molecule has 0 aliphatic heterocycles. The topological polar surface area (TPSA) is 193 Å². The molecule has 0 saturated carbocycles. The molecule has 5 unspecified atom stereocenters. The number of ether oxygens (including phenoxy) is 5. The van der Waals surface area contributed by atoms with Crippen LogP contribution in [0.1, 0.15) is 33.3 Å². The Morgan fingerprint density at radius 2 is 1.32 bits per heavy atom. The van der Waals surface area contributed by atoms with E-state index in [2.05, 4.69) is 15.4 Å². The van der Waals surface area contributed by atoms with Crippen molar-refractivity contribution in [3.63, 3.8) is 0 Å². The summed E-state index contributed by atoms with van der Waals surface area (Å²) in [5.41, 5.74) is 0.770. The van der Waals surface area contributed by atoms with Crippen LogP contribution < -0.4 is 10.6 Å². The lowest BCUT2D eigenvalue weighted by Crippen LogP contribution is -2.48. The van der Waals surface area contributed by atoms with Crippen LogP contribution in [0.15, 0.2) is 30.3 Å². The summed E-state index contributed by atoms with van der Waals surface area (Å²) < 4.78 is 24.5. The SMILES string of the molecule is COCCOC(=O)C(Cc1ccccc1)NC(=O)CNC(=O)C(C)OC(=O)C(C)OC(=O)C(C)OC(=O)C(C)O. The van der Waals surface area contributed by atoms with E-state index in [1.54, 1.807) is 30.3 Å². The number of aliphatic hydroxyl groups is 1. The fourth-order valence-corrected chi connectivity index (χ4v) is 2.89. The molecular weight excluding hydrogens is 532 g/mol. The second-order valence-electron chi connectivity index (χ2n) is 8.60. The van der Waals surface area contributed by atoms with E-state index in [9.17, 15) is 28.8 Å². The number of methoxy groups -OCH3 is 1. The van der Waals surface area contributed by atoms with E-state index in [1.807, 2.05) is 0 Å². The van der Waals surface area contributed by atoms with Crippen molar-refractivity contribution in [1.82, 2.24) is 10.6 Å². The van der Waals surface area contributed by atoms with Gasteiger partial charge in [0.05, 0.1) is 13.2 Å². The predicted octanol–water partition coefficient (Wildman–Crippen LogP) is -0.804. The van der Waals surface area contributed by atoms with Crippen molar-refractivity contribution in [3.8, 4) is 0 Å². The fraction of sp³-hybridized carbons (Fsp3) is 0.538. The quantitative estimate of drug-likeness (QED) is 0.128. The number of benzene rings is 1. The molecule has 14 heteroatoms. The largest absolute Gasteiger partial charge is 0.462 e. The second kappa shape index (κ2) is 17.5. The lowest BCUT2D eigenvalue weighted by Gasteiger charge is -2.20. The molecule has 0 radical (unpaired) electrons. The van der Waals surface area contributed by atoms with Gasteiger partial charge in [0.1, 0.15) is 18.8 Å². The van der Waals surface area contributed by atoms with Gasteiger partial charge in [0.2, 0.25) is 5.91 Å². The highest BCUT2D eigenvalue weighted by Crippen LogP contribution is 2.06. The lowest BCUT2D eigenvalue weighted by molar-refractivity contribution is -0.181. The van der Waals surface area contributed by atoms with Crippen molar-refractivity contribution in [3.05, 3.63) is 35.9 Å². The highest BCUT2D eigenvalue weighted by Gasteiger charge is 2.29. The van der Waals surface area contributed by atoms with E-state index in [0.717, 1.165) is 12.5 Å². The molecule has 40 heavy (non-hydrogen) atoms. The van der Waals surface area contributed by atoms with Crippen molar-refractivity contribution in [1.29, 1.82) is 0 Å². The summed E-state index contributed by atoms with van der Waals surface area (Å²) in [6.07, 6.45) is -5.54. The Kier molecular flexibility index (Phi) is 14.9. The minimum absolute atomic E-state index is 0.00419. The number of carbonyl (C=O) groups is 6. The van der Waals surface area contributed by atoms with Crippen LogP contribution in [-0.2, 0) is 58.9 Å². The molecule has 0 heterocycles. The molecule has 0 fully saturated rings. The average Bonchev–Trinajstić information content (AvgIpc) is 2.91. The summed E-state index contributed by atoms with van der Waals surface area (Å²) >= 11 is 0. The van der Waals surface area contributed by atoms with Crippen molar-refractivity contribution in [2.75, 3.05) is 26.9 Å². The van der Waals surface area contributed by atoms with E-state index < -0.39 is 72.7 Å². The first-order valence-electron chi connectivity index (χ1n) is 12.4. The molecular formula is C26H36N2O12. The summed E-state index contributed by atoms with van der Waals surface area (Å²) in [5.74, 6) is -5.40. The van der Waals surface area contributed by atoms with Gasteiger partial charge in [-0.25, -0.2) is 19.2 Å². The van der Waals surface area contributed by atoms with Crippen LogP contribution in [0.2, 0.25) is 0 Å². The van der Waals surface area contributed by atoms with E-state index >= 15 is 0 Å². The third kappa shape index (κ3) is 12.7. The molecule has 0 bridgehead atoms. The number of nitrogens with one attached hydrogen (secondary N) is 2. The predicted molar refractivity (Wildman–Crippen MR) is 136 cm³/mol. The number of amides is 2. The van der Waals surface area contributed by atoms with Gasteiger partial charge in [0.15, 0.2) is 18.3 Å². The number of aliphatic hydroxyl groups excluding tert-OH is 1. The molecule has 222 valence electrons. The highest BCUT2D eigenvalue weighted by atomic mass is 16.6. The summed E-state index contributed by atoms with van der Waals surface area (Å²) in [4.78, 5) is 72.9. The minimum Gasteiger partial charge on any atom is -0.462 e. The first-order valence-corrected chi connectivity index (χ1v) is 12.4. The van der Waals surface area contributed by atoms with Gasteiger partial charge in [-0.2, -0.15) is 0 Å². The molecule has 1 aromatic carbocycles. The summed E-state index contributed by atoms with van der Waals surface area (Å²) in [5, 5.41) is 13.9. The number of hydrogen-bond donors (Lipinski definition) is 3. The molecule has 0 spiro atoms. The van der Waals surface area contributed by atoms with Crippen LogP contribution in [0.5, 0.6) is 0 Å². The standard InChI is InChI=1S/C26H36N2O12/c1-15(29)23(32)39-17(3)25(34)40-18(4)24(33)38-16(2)22(31)27-14-21(30)28-20(26(35)37-12-11-36-5)13-19-9-7-6-8-10-19/h6-10,15-18,20,29H,11-14H2,1-5H3,(H,27,31)(H,28,30). The van der Waals surface area contributed by atoms with Crippen LogP contribution in [0, 0.1) is 0 Å². The molecule has 5 atom stereocenters. The molecule has 1 aromatic rings. The van der Waals surface area contributed by atoms with Crippen molar-refractivity contribution in [2.45, 2.75) is 64.6 Å². The van der Waals surface area contributed by atoms with Gasteiger partial charge in [-0.1, -0.05) is 30.3 Å². The van der Waals surface area contributed by atoms with Crippen molar-refractivity contribution >= 4 is 35.7 Å². The Morgan fingerprint density at radius 1 is 0.775 bits per heavy atom. The molecule has 2 amide bonds. The normalized spacial score (nSPS) is 14.3. The van der Waals surface area contributed by atoms with E-state index in [4.69, 9.17) is 24.1 Å². The Balaban J connectivity index is 2.59. The fourth-order valence-electron chi connectivity index (χ4n) is 2.89. The average molecular weight is 569 g/mol. The Bertz CT molecular complexity index is 1010. The van der Waals surface area contributed by atoms with Crippen molar-refractivity contribution in [2.24, 2.45) is 0 Å². The number of carbonyl (C=O) groups excluding carboxylic acids is 6. The second-order valence-corrected chi connectivity index (χ2v) is 8.60. The zero-order chi connectivity index (χ0) is 30.2. The maximum atomic E-state index is 12.5. The molecule has 14 nitrogen and oxygen atoms in total. The van der Waals surface area contributed by atoms with Crippen molar-refractivity contribution < 1.29 is 57.6 Å². The maximum Gasteiger partial charge on any atom is 0.347 e. The third-order valence-electron chi connectivity index (χ3n) is 5.11. The summed E-state index contributed by atoms with van der Waals surface area (Å²) in [6.45, 7) is 4.39. The molecule has 0 saturated heterocycles. The molecule has 0 aliphatic rings. The van der Waals surface area contributed by atoms with Gasteiger partial charge in [0, 0.05) is 13.5 Å². The van der Waals surface area contributed by atoms with Gasteiger partial charge in [-0.3, -0.25) is 9.59 Å². The highest BCUT2D eigenvalue weighted by molar-refractivity contribution is 5.90. The Labute approximate surface area is 231 Å². The zero-order valence-corrected chi connectivity index (χ0v) is 23.0. The van der Waals surface area contributed by atoms with Gasteiger partial charge < -0.3 is 39.4 Å². The first kappa shape index (κ1) is 34.0. The third-order valence-corrected chi connectivity index (χ3v) is 5.11. The Morgan fingerprint density at radius 3 is 1.88 bits per heavy atom. The van der Waals surface area contributed by atoms with Gasteiger partial charge in [-0.05, 0) is 33.3 Å². The van der Waals surface area contributed by atoms with Crippen LogP contribution >= 0.6 is 0 Å². The minimum atomic E-state index is -1.46. The van der Waals surface area contributed by atoms with Crippen LogP contribution in [0.4, 0.5) is 0 Å². The summed E-state index contributed by atoms with van der Waals surface area (Å²) in [7, 11) is 1.45. The zero-order valence-electron chi connectivity index (χ0n) is 23.0. The Hall–Kier alpha value is -4.04. The van der Waals surface area contributed by atoms with E-state index in [1.165, 1.54) is 27.9 Å². The molecule has 1 rings (SSSR count). The van der Waals surface area contributed by atoms with Crippen LogP contribution in [0.3, 0.4) is 0 Å². The first-order chi connectivity index (χ1) is 18.8. The number of esters is 4. The van der Waals surface area contributed by atoms with Crippen LogP contribution in [-0.4, -0.2) is 98.1 Å². The lowest BCUT2D eigenvalue weighted by atomic mass is 10.1. The van der Waals surface area contributed by atoms with E-state index in [0.29, 0.717) is 0 Å². The summed E-state index contributed by atoms with van der Waals surface area (Å²) in [6, 6.07) is 7.89. The monoisotopic (exact) mass is 568 g/mol. The number of hydrogen-bond acceptors (Lipinski definition) is 12. The van der Waals surface area contributed by atoms with Crippen LogP contribution in [0.25, 0.3) is 0 Å².